The van der Waals surface area contributed by atoms with Crippen LogP contribution in [-0.4, -0.2) is 46.6 Å². The summed E-state index contributed by atoms with van der Waals surface area (Å²) < 4.78 is 1.19. The number of amides is 1. The van der Waals surface area contributed by atoms with Crippen molar-refractivity contribution >= 4 is 33.1 Å². The molecule has 5 nitrogen and oxygen atoms in total. The van der Waals surface area contributed by atoms with Gasteiger partial charge in [0.25, 0.3) is 0 Å². The second-order valence-electron chi connectivity index (χ2n) is 7.06. The number of fused-ring (bicyclic) bond motifs is 1. The summed E-state index contributed by atoms with van der Waals surface area (Å²) >= 11 is 1.68. The Balaban J connectivity index is 1.43. The van der Waals surface area contributed by atoms with Gasteiger partial charge in [-0.25, -0.2) is 4.98 Å². The zero-order chi connectivity index (χ0) is 18.8. The summed E-state index contributed by atoms with van der Waals surface area (Å²) in [6, 6.07) is 14.2. The van der Waals surface area contributed by atoms with Crippen LogP contribution in [0.2, 0.25) is 0 Å². The highest BCUT2D eigenvalue weighted by atomic mass is 32.1. The van der Waals surface area contributed by atoms with E-state index in [0.29, 0.717) is 6.54 Å². The number of likely N-dealkylation sites (tertiary alicyclic amines) is 1. The normalized spacial score (nSPS) is 17.5. The number of anilines is 1. The van der Waals surface area contributed by atoms with Crippen molar-refractivity contribution in [2.24, 2.45) is 0 Å². The van der Waals surface area contributed by atoms with Gasteiger partial charge >= 0.3 is 0 Å². The molecule has 2 heterocycles. The van der Waals surface area contributed by atoms with E-state index in [4.69, 9.17) is 4.98 Å². The quantitative estimate of drug-likeness (QED) is 0.708. The molecular formula is C21H23N3O2S. The molecule has 3 aromatic rings. The SMILES string of the molecule is Cc1ccc2nc(-c3ccc(NC(=O)CN4CCC[C@H]4CO)cc3)sc2c1. The molecule has 0 saturated carbocycles. The number of aliphatic hydroxyl groups is 1. The third-order valence-corrected chi connectivity index (χ3v) is 6.08. The summed E-state index contributed by atoms with van der Waals surface area (Å²) in [5.41, 5.74) is 4.08. The highest BCUT2D eigenvalue weighted by Gasteiger charge is 2.25. The van der Waals surface area contributed by atoms with Crippen LogP contribution in [0, 0.1) is 6.92 Å². The number of hydrogen-bond acceptors (Lipinski definition) is 5. The fourth-order valence-corrected chi connectivity index (χ4v) is 4.62. The van der Waals surface area contributed by atoms with Gasteiger partial charge in [-0.05, 0) is 68.3 Å². The van der Waals surface area contributed by atoms with E-state index in [2.05, 4.69) is 30.4 Å². The van der Waals surface area contributed by atoms with Crippen molar-refractivity contribution in [1.82, 2.24) is 9.88 Å². The van der Waals surface area contributed by atoms with Gasteiger partial charge < -0.3 is 10.4 Å². The third-order valence-electron chi connectivity index (χ3n) is 5.02. The Hall–Kier alpha value is -2.28. The standard InChI is InChI=1S/C21H23N3O2S/c1-14-4-9-18-19(11-14)27-21(23-18)15-5-7-16(8-6-15)22-20(26)12-24-10-2-3-17(24)13-25/h4-9,11,17,25H,2-3,10,12-13H2,1H3,(H,22,26)/t17-/m0/s1. The molecule has 0 spiro atoms. The number of carbonyl (C=O) groups excluding carboxylic acids is 1. The van der Waals surface area contributed by atoms with E-state index in [1.54, 1.807) is 11.3 Å². The maximum absolute atomic E-state index is 12.3. The van der Waals surface area contributed by atoms with Crippen LogP contribution in [0.25, 0.3) is 20.8 Å². The largest absolute Gasteiger partial charge is 0.395 e. The Labute approximate surface area is 162 Å². The monoisotopic (exact) mass is 381 g/mol. The number of carbonyl (C=O) groups is 1. The molecule has 4 rings (SSSR count). The summed E-state index contributed by atoms with van der Waals surface area (Å²) in [6.07, 6.45) is 2.00. The Bertz CT molecular complexity index is 952. The molecule has 0 bridgehead atoms. The first-order chi connectivity index (χ1) is 13.1. The van der Waals surface area contributed by atoms with Crippen LogP contribution >= 0.6 is 11.3 Å². The van der Waals surface area contributed by atoms with Crippen LogP contribution < -0.4 is 5.32 Å². The summed E-state index contributed by atoms with van der Waals surface area (Å²) in [7, 11) is 0. The van der Waals surface area contributed by atoms with Gasteiger partial charge in [-0.15, -0.1) is 11.3 Å². The molecule has 140 valence electrons. The second-order valence-corrected chi connectivity index (χ2v) is 8.10. The first-order valence-corrected chi connectivity index (χ1v) is 10.1. The van der Waals surface area contributed by atoms with Gasteiger partial charge in [0.1, 0.15) is 5.01 Å². The predicted octanol–water partition coefficient (Wildman–Crippen LogP) is 3.67. The van der Waals surface area contributed by atoms with Gasteiger partial charge in [0.15, 0.2) is 0 Å². The van der Waals surface area contributed by atoms with Crippen molar-refractivity contribution in [3.8, 4) is 10.6 Å². The Morgan fingerprint density at radius 1 is 1.30 bits per heavy atom. The molecular weight excluding hydrogens is 358 g/mol. The minimum absolute atomic E-state index is 0.0430. The number of aryl methyl sites for hydroxylation is 1. The molecule has 0 unspecified atom stereocenters. The van der Waals surface area contributed by atoms with Crippen molar-refractivity contribution < 1.29 is 9.90 Å². The predicted molar refractivity (Wildman–Crippen MR) is 110 cm³/mol. The average Bonchev–Trinajstić information content (AvgIpc) is 3.28. The third kappa shape index (κ3) is 4.03. The lowest BCUT2D eigenvalue weighted by Crippen LogP contribution is -2.38. The van der Waals surface area contributed by atoms with Crippen LogP contribution in [0.4, 0.5) is 5.69 Å². The highest BCUT2D eigenvalue weighted by Crippen LogP contribution is 2.31. The number of thiazole rings is 1. The summed E-state index contributed by atoms with van der Waals surface area (Å²) in [5, 5.41) is 13.3. The van der Waals surface area contributed by atoms with E-state index < -0.39 is 0 Å². The van der Waals surface area contributed by atoms with Crippen LogP contribution in [0.3, 0.4) is 0 Å². The van der Waals surface area contributed by atoms with Gasteiger partial charge in [0, 0.05) is 17.3 Å². The molecule has 1 aromatic heterocycles. The minimum Gasteiger partial charge on any atom is -0.395 e. The van der Waals surface area contributed by atoms with Crippen LogP contribution in [0.1, 0.15) is 18.4 Å². The number of nitrogens with zero attached hydrogens (tertiary/aromatic N) is 2. The molecule has 0 aliphatic carbocycles. The minimum atomic E-state index is -0.0430. The molecule has 1 amide bonds. The maximum atomic E-state index is 12.3. The van der Waals surface area contributed by atoms with Crippen molar-refractivity contribution in [2.75, 3.05) is 25.0 Å². The first kappa shape index (κ1) is 18.1. The van der Waals surface area contributed by atoms with E-state index in [-0.39, 0.29) is 18.6 Å². The van der Waals surface area contributed by atoms with E-state index >= 15 is 0 Å². The van der Waals surface area contributed by atoms with Gasteiger partial charge in [-0.2, -0.15) is 0 Å². The van der Waals surface area contributed by atoms with Gasteiger partial charge in [-0.3, -0.25) is 9.69 Å². The second kappa shape index (κ2) is 7.76. The Morgan fingerprint density at radius 2 is 2.11 bits per heavy atom. The van der Waals surface area contributed by atoms with Gasteiger partial charge in [0.05, 0.1) is 23.4 Å². The van der Waals surface area contributed by atoms with Crippen molar-refractivity contribution in [3.05, 3.63) is 48.0 Å². The van der Waals surface area contributed by atoms with Crippen LogP contribution in [0.5, 0.6) is 0 Å². The lowest BCUT2D eigenvalue weighted by molar-refractivity contribution is -0.117. The Morgan fingerprint density at radius 3 is 2.89 bits per heavy atom. The summed E-state index contributed by atoms with van der Waals surface area (Å²) in [5.74, 6) is -0.0430. The molecule has 1 aliphatic rings. The fraction of sp³-hybridized carbons (Fsp3) is 0.333. The van der Waals surface area contributed by atoms with Gasteiger partial charge in [0.2, 0.25) is 5.91 Å². The lowest BCUT2D eigenvalue weighted by Gasteiger charge is -2.21. The topological polar surface area (TPSA) is 65.5 Å². The Kier molecular flexibility index (Phi) is 5.20. The number of aliphatic hydroxyl groups excluding tert-OH is 1. The van der Waals surface area contributed by atoms with Crippen molar-refractivity contribution in [2.45, 2.75) is 25.8 Å². The van der Waals surface area contributed by atoms with E-state index in [1.165, 1.54) is 10.3 Å². The molecule has 27 heavy (non-hydrogen) atoms. The number of rotatable bonds is 5. The van der Waals surface area contributed by atoms with Crippen LogP contribution in [0.15, 0.2) is 42.5 Å². The zero-order valence-electron chi connectivity index (χ0n) is 15.3. The molecule has 1 fully saturated rings. The van der Waals surface area contributed by atoms with E-state index in [9.17, 15) is 9.90 Å². The van der Waals surface area contributed by atoms with E-state index in [0.717, 1.165) is 41.2 Å². The molecule has 2 N–H and O–H groups in total. The highest BCUT2D eigenvalue weighted by molar-refractivity contribution is 7.21. The number of nitrogens with one attached hydrogen (secondary N) is 1. The number of benzene rings is 2. The molecule has 0 radical (unpaired) electrons. The van der Waals surface area contributed by atoms with Crippen molar-refractivity contribution in [3.63, 3.8) is 0 Å². The number of aromatic nitrogens is 1. The lowest BCUT2D eigenvalue weighted by atomic mass is 10.2. The molecule has 1 aliphatic heterocycles. The summed E-state index contributed by atoms with van der Waals surface area (Å²) in [4.78, 5) is 19.0. The zero-order valence-corrected chi connectivity index (χ0v) is 16.1. The molecule has 1 atom stereocenters. The number of hydrogen-bond donors (Lipinski definition) is 2. The van der Waals surface area contributed by atoms with Crippen molar-refractivity contribution in [1.29, 1.82) is 0 Å². The fourth-order valence-electron chi connectivity index (χ4n) is 3.55. The van der Waals surface area contributed by atoms with E-state index in [1.807, 2.05) is 29.2 Å². The van der Waals surface area contributed by atoms with Gasteiger partial charge in [-0.1, -0.05) is 6.07 Å². The molecule has 2 aromatic carbocycles. The average molecular weight is 382 g/mol. The smallest absolute Gasteiger partial charge is 0.238 e. The maximum Gasteiger partial charge on any atom is 0.238 e. The summed E-state index contributed by atoms with van der Waals surface area (Å²) in [6.45, 7) is 3.39. The van der Waals surface area contributed by atoms with Crippen LogP contribution in [-0.2, 0) is 4.79 Å². The first-order valence-electron chi connectivity index (χ1n) is 9.25. The molecule has 6 heteroatoms. The molecule has 1 saturated heterocycles.